The lowest BCUT2D eigenvalue weighted by Gasteiger charge is -2.28. The molecule has 0 aliphatic carbocycles. The summed E-state index contributed by atoms with van der Waals surface area (Å²) in [6.45, 7) is 0.981. The van der Waals surface area contributed by atoms with Gasteiger partial charge in [-0.15, -0.1) is 0 Å². The number of aliphatic hydroxyl groups excluding tert-OH is 1. The number of amides is 4. The Morgan fingerprint density at radius 3 is 2.43 bits per heavy atom. The molecule has 1 heterocycles. The fraction of sp³-hybridized carbons (Fsp3) is 0.688. The first-order valence-corrected chi connectivity index (χ1v) is 8.87. The summed E-state index contributed by atoms with van der Waals surface area (Å²) in [7, 11) is 0. The summed E-state index contributed by atoms with van der Waals surface area (Å²) in [4.78, 5) is 59.4. The second kappa shape index (κ2) is 10.6. The fourth-order valence-electron chi connectivity index (χ4n) is 2.81. The van der Waals surface area contributed by atoms with Crippen LogP contribution in [-0.2, 0) is 24.0 Å². The topological polar surface area (TPSA) is 205 Å². The van der Waals surface area contributed by atoms with E-state index < -0.39 is 60.4 Å². The number of aliphatic carboxylic acids is 1. The van der Waals surface area contributed by atoms with Gasteiger partial charge in [-0.2, -0.15) is 0 Å². The second-order valence-electron chi connectivity index (χ2n) is 6.64. The Kier molecular flexibility index (Phi) is 8.79. The van der Waals surface area contributed by atoms with Gasteiger partial charge in [0.05, 0.1) is 18.7 Å². The number of primary amides is 1. The summed E-state index contributed by atoms with van der Waals surface area (Å²) in [5.74, 6) is -3.92. The second-order valence-corrected chi connectivity index (χ2v) is 6.64. The largest absolute Gasteiger partial charge is 0.480 e. The zero-order valence-corrected chi connectivity index (χ0v) is 15.6. The molecule has 0 aromatic carbocycles. The molecule has 12 nitrogen and oxygen atoms in total. The number of carbonyl (C=O) groups is 5. The van der Waals surface area contributed by atoms with Crippen LogP contribution in [0.2, 0.25) is 0 Å². The van der Waals surface area contributed by atoms with E-state index in [-0.39, 0.29) is 19.4 Å². The molecule has 4 unspecified atom stereocenters. The molecular weight excluding hydrogens is 374 g/mol. The molecule has 0 aromatic rings. The van der Waals surface area contributed by atoms with E-state index in [1.54, 1.807) is 0 Å². The highest BCUT2D eigenvalue weighted by Crippen LogP contribution is 2.19. The van der Waals surface area contributed by atoms with Crippen molar-refractivity contribution >= 4 is 29.6 Å². The van der Waals surface area contributed by atoms with Crippen LogP contribution in [0.4, 0.5) is 0 Å². The van der Waals surface area contributed by atoms with E-state index in [2.05, 4.69) is 10.6 Å². The van der Waals surface area contributed by atoms with Crippen molar-refractivity contribution in [3.8, 4) is 0 Å². The molecule has 0 radical (unpaired) electrons. The Balaban J connectivity index is 2.60. The van der Waals surface area contributed by atoms with Crippen LogP contribution in [0.25, 0.3) is 0 Å². The van der Waals surface area contributed by atoms with E-state index in [1.165, 1.54) is 6.92 Å². The van der Waals surface area contributed by atoms with Crippen molar-refractivity contribution in [2.75, 3.05) is 13.1 Å². The standard InChI is InChI=1S/C16H27N5O7/c1-8(22)13(15(26)21-6-2-3-10(21)16(27)28)20-12(24)7-19-14(25)9(17)4-5-11(18)23/h8-10,13,22H,2-7,17H2,1H3,(H2,18,23)(H,19,25)(H,20,24)(H,27,28). The average Bonchev–Trinajstić information content (AvgIpc) is 3.11. The molecule has 8 N–H and O–H groups in total. The molecule has 1 aliphatic heterocycles. The van der Waals surface area contributed by atoms with Crippen LogP contribution in [0, 0.1) is 0 Å². The number of nitrogens with two attached hydrogens (primary N) is 2. The lowest BCUT2D eigenvalue weighted by Crippen LogP contribution is -2.57. The highest BCUT2D eigenvalue weighted by molar-refractivity contribution is 5.93. The molecule has 0 bridgehead atoms. The Labute approximate surface area is 161 Å². The molecule has 1 aliphatic rings. The molecule has 158 valence electrons. The highest BCUT2D eigenvalue weighted by atomic mass is 16.4. The normalized spacial score (nSPS) is 19.4. The fourth-order valence-corrected chi connectivity index (χ4v) is 2.81. The predicted octanol–water partition coefficient (Wildman–Crippen LogP) is -3.36. The third-order valence-electron chi connectivity index (χ3n) is 4.35. The summed E-state index contributed by atoms with van der Waals surface area (Å²) in [5, 5.41) is 23.6. The van der Waals surface area contributed by atoms with Crippen LogP contribution in [0.15, 0.2) is 0 Å². The molecule has 1 saturated heterocycles. The summed E-state index contributed by atoms with van der Waals surface area (Å²) in [6, 6.07) is -3.39. The van der Waals surface area contributed by atoms with Gasteiger partial charge in [0.1, 0.15) is 12.1 Å². The molecule has 4 atom stereocenters. The minimum absolute atomic E-state index is 0.0170. The Morgan fingerprint density at radius 2 is 1.89 bits per heavy atom. The molecule has 1 rings (SSSR count). The first kappa shape index (κ1) is 23.3. The molecule has 0 spiro atoms. The number of carboxylic acid groups (broad SMARTS) is 1. The molecule has 0 saturated carbocycles. The Morgan fingerprint density at radius 1 is 1.25 bits per heavy atom. The van der Waals surface area contributed by atoms with Gasteiger partial charge in [-0.3, -0.25) is 19.2 Å². The number of carbonyl (C=O) groups excluding carboxylic acids is 4. The van der Waals surface area contributed by atoms with Gasteiger partial charge in [-0.1, -0.05) is 0 Å². The number of nitrogens with one attached hydrogen (secondary N) is 2. The third kappa shape index (κ3) is 6.78. The monoisotopic (exact) mass is 401 g/mol. The van der Waals surface area contributed by atoms with Crippen molar-refractivity contribution in [1.29, 1.82) is 0 Å². The number of hydrogen-bond acceptors (Lipinski definition) is 7. The van der Waals surface area contributed by atoms with Crippen LogP contribution in [0.3, 0.4) is 0 Å². The van der Waals surface area contributed by atoms with Gasteiger partial charge in [0.25, 0.3) is 0 Å². The van der Waals surface area contributed by atoms with Gasteiger partial charge in [-0.05, 0) is 26.2 Å². The van der Waals surface area contributed by atoms with Gasteiger partial charge in [0.2, 0.25) is 23.6 Å². The maximum Gasteiger partial charge on any atom is 0.326 e. The van der Waals surface area contributed by atoms with E-state index in [0.29, 0.717) is 12.8 Å². The number of aliphatic hydroxyl groups is 1. The van der Waals surface area contributed by atoms with Crippen LogP contribution < -0.4 is 22.1 Å². The third-order valence-corrected chi connectivity index (χ3v) is 4.35. The molecule has 0 aromatic heterocycles. The summed E-state index contributed by atoms with van der Waals surface area (Å²) >= 11 is 0. The van der Waals surface area contributed by atoms with Gasteiger partial charge >= 0.3 is 5.97 Å². The maximum atomic E-state index is 12.6. The summed E-state index contributed by atoms with van der Waals surface area (Å²) in [6.07, 6.45) is -0.549. The number of carboxylic acids is 1. The first-order valence-electron chi connectivity index (χ1n) is 8.87. The number of hydrogen-bond donors (Lipinski definition) is 6. The quantitative estimate of drug-likeness (QED) is 0.217. The predicted molar refractivity (Wildman–Crippen MR) is 95.4 cm³/mol. The zero-order chi connectivity index (χ0) is 21.4. The molecule has 12 heteroatoms. The van der Waals surface area contributed by atoms with Crippen LogP contribution in [0.5, 0.6) is 0 Å². The van der Waals surface area contributed by atoms with E-state index in [4.69, 9.17) is 11.5 Å². The number of likely N-dealkylation sites (tertiary alicyclic amines) is 1. The van der Waals surface area contributed by atoms with E-state index in [9.17, 15) is 34.2 Å². The number of rotatable bonds is 10. The van der Waals surface area contributed by atoms with Crippen molar-refractivity contribution < 1.29 is 34.2 Å². The van der Waals surface area contributed by atoms with Crippen molar-refractivity contribution in [2.24, 2.45) is 11.5 Å². The molecular formula is C16H27N5O7. The minimum Gasteiger partial charge on any atom is -0.480 e. The van der Waals surface area contributed by atoms with Crippen molar-refractivity contribution in [3.63, 3.8) is 0 Å². The van der Waals surface area contributed by atoms with Crippen LogP contribution >= 0.6 is 0 Å². The van der Waals surface area contributed by atoms with Crippen LogP contribution in [-0.4, -0.2) is 82.0 Å². The summed E-state index contributed by atoms with van der Waals surface area (Å²) in [5.41, 5.74) is 10.5. The van der Waals surface area contributed by atoms with Crippen molar-refractivity contribution in [1.82, 2.24) is 15.5 Å². The molecule has 28 heavy (non-hydrogen) atoms. The lowest BCUT2D eigenvalue weighted by atomic mass is 10.1. The van der Waals surface area contributed by atoms with Gasteiger partial charge in [-0.25, -0.2) is 4.79 Å². The summed E-state index contributed by atoms with van der Waals surface area (Å²) < 4.78 is 0. The SMILES string of the molecule is CC(O)C(NC(=O)CNC(=O)C(N)CCC(N)=O)C(=O)N1CCCC1C(=O)O. The average molecular weight is 401 g/mol. The Hall–Kier alpha value is -2.73. The van der Waals surface area contributed by atoms with Crippen molar-refractivity contribution in [3.05, 3.63) is 0 Å². The van der Waals surface area contributed by atoms with E-state index in [0.717, 1.165) is 4.90 Å². The minimum atomic E-state index is -1.35. The van der Waals surface area contributed by atoms with Gasteiger partial charge in [0.15, 0.2) is 0 Å². The molecule has 1 fully saturated rings. The first-order chi connectivity index (χ1) is 13.0. The van der Waals surface area contributed by atoms with E-state index in [1.807, 2.05) is 0 Å². The zero-order valence-electron chi connectivity index (χ0n) is 15.6. The number of nitrogens with zero attached hydrogens (tertiary/aromatic N) is 1. The van der Waals surface area contributed by atoms with Gasteiger partial charge in [0, 0.05) is 13.0 Å². The maximum absolute atomic E-state index is 12.6. The molecule has 4 amide bonds. The van der Waals surface area contributed by atoms with Crippen molar-refractivity contribution in [2.45, 2.75) is 56.8 Å². The Bertz CT molecular complexity index is 625. The lowest BCUT2D eigenvalue weighted by molar-refractivity contribution is -0.150. The van der Waals surface area contributed by atoms with E-state index >= 15 is 0 Å². The smallest absolute Gasteiger partial charge is 0.326 e. The van der Waals surface area contributed by atoms with Crippen LogP contribution in [0.1, 0.15) is 32.6 Å². The van der Waals surface area contributed by atoms with Gasteiger partial charge < -0.3 is 37.2 Å². The highest BCUT2D eigenvalue weighted by Gasteiger charge is 2.39.